The van der Waals surface area contributed by atoms with E-state index in [0.29, 0.717) is 67.3 Å². The van der Waals surface area contributed by atoms with Crippen LogP contribution in [0, 0.1) is 6.92 Å². The van der Waals surface area contributed by atoms with E-state index < -0.39 is 0 Å². The summed E-state index contributed by atoms with van der Waals surface area (Å²) in [4.78, 5) is 29.3. The summed E-state index contributed by atoms with van der Waals surface area (Å²) in [5.41, 5.74) is 0.971. The van der Waals surface area contributed by atoms with Crippen LogP contribution in [0.2, 0.25) is 0 Å². The van der Waals surface area contributed by atoms with Gasteiger partial charge in [-0.25, -0.2) is 0 Å². The maximum atomic E-state index is 12.9. The van der Waals surface area contributed by atoms with E-state index >= 15 is 0 Å². The monoisotopic (exact) mass is 510 g/mol. The number of likely N-dealkylation sites (tertiary alicyclic amines) is 1. The minimum absolute atomic E-state index is 0.0178. The second kappa shape index (κ2) is 10.4. The highest BCUT2D eigenvalue weighted by Gasteiger charge is 2.41. The number of ether oxygens (including phenoxy) is 2. The number of carbonyl (C=O) groups excluding carboxylic acids is 1. The third-order valence-electron chi connectivity index (χ3n) is 8.29. The number of hydrogen-bond acceptors (Lipinski definition) is 9. The predicted molar refractivity (Wildman–Crippen MR) is 139 cm³/mol. The van der Waals surface area contributed by atoms with E-state index in [0.717, 1.165) is 57.3 Å². The van der Waals surface area contributed by atoms with Gasteiger partial charge in [0.05, 0.1) is 19.8 Å². The van der Waals surface area contributed by atoms with Gasteiger partial charge in [-0.15, -0.1) is 0 Å². The number of aryl methyl sites for hydroxylation is 1. The lowest BCUT2D eigenvalue weighted by Crippen LogP contribution is -2.58. The van der Waals surface area contributed by atoms with Crippen LogP contribution in [-0.4, -0.2) is 100.0 Å². The highest BCUT2D eigenvalue weighted by molar-refractivity contribution is 5.78. The molecule has 0 aromatic carbocycles. The third-order valence-corrected chi connectivity index (χ3v) is 8.29. The number of H-pyrrole nitrogens is 1. The van der Waals surface area contributed by atoms with Crippen LogP contribution in [0.1, 0.15) is 50.6 Å². The smallest absolute Gasteiger partial charge is 0.236 e. The number of rotatable bonds is 8. The Morgan fingerprint density at radius 2 is 1.89 bits per heavy atom. The standard InChI is InChI=1S/C26H38N8O3/c1-17-10-23(31-30-17)27-22-13-24(37-21-15-36-16-21)29-26(28-22)32(2)20-11-18-6-5-7-19(12-20)34(18)14-25(35)33-8-3-4-9-33/h10,13,18-21H,3-9,11-12,14-16H2,1-2H3,(H2,27,28,29,30,31)/t18-,19+,20-. The van der Waals surface area contributed by atoms with Gasteiger partial charge in [-0.05, 0) is 45.4 Å². The second-order valence-electron chi connectivity index (χ2n) is 11.0. The van der Waals surface area contributed by atoms with Gasteiger partial charge >= 0.3 is 0 Å². The maximum absolute atomic E-state index is 12.9. The molecule has 2 aromatic rings. The molecule has 3 atom stereocenters. The Bertz CT molecular complexity index is 1090. The lowest BCUT2D eigenvalue weighted by molar-refractivity contribution is -0.134. The molecule has 0 radical (unpaired) electrons. The van der Waals surface area contributed by atoms with Gasteiger partial charge in [0, 0.05) is 56.1 Å². The minimum Gasteiger partial charge on any atom is -0.469 e. The fraction of sp³-hybridized carbons (Fsp3) is 0.692. The van der Waals surface area contributed by atoms with Crippen LogP contribution in [0.3, 0.4) is 0 Å². The highest BCUT2D eigenvalue weighted by atomic mass is 16.6. The molecule has 6 heterocycles. The van der Waals surface area contributed by atoms with Gasteiger partial charge in [-0.2, -0.15) is 15.1 Å². The van der Waals surface area contributed by atoms with E-state index in [2.05, 4.69) is 37.3 Å². The van der Waals surface area contributed by atoms with Crippen molar-refractivity contribution in [3.05, 3.63) is 17.8 Å². The van der Waals surface area contributed by atoms with Crippen molar-refractivity contribution < 1.29 is 14.3 Å². The number of fused-ring (bicyclic) bond motifs is 2. The average molecular weight is 511 g/mol. The Morgan fingerprint density at radius 1 is 1.14 bits per heavy atom. The Morgan fingerprint density at radius 3 is 2.54 bits per heavy atom. The summed E-state index contributed by atoms with van der Waals surface area (Å²) in [5.74, 6) is 2.82. The molecule has 11 heteroatoms. The van der Waals surface area contributed by atoms with Crippen molar-refractivity contribution >= 4 is 23.5 Å². The zero-order valence-corrected chi connectivity index (χ0v) is 21.9. The number of carbonyl (C=O) groups is 1. The van der Waals surface area contributed by atoms with Gasteiger partial charge in [-0.3, -0.25) is 14.8 Å². The molecule has 0 aliphatic carbocycles. The first-order valence-electron chi connectivity index (χ1n) is 13.7. The van der Waals surface area contributed by atoms with E-state index in [-0.39, 0.29) is 6.10 Å². The van der Waals surface area contributed by atoms with Crippen molar-refractivity contribution in [2.75, 3.05) is 50.1 Å². The summed E-state index contributed by atoms with van der Waals surface area (Å²) in [5, 5.41) is 10.5. The molecule has 0 unspecified atom stereocenters. The molecule has 1 amide bonds. The maximum Gasteiger partial charge on any atom is 0.236 e. The lowest BCUT2D eigenvalue weighted by Gasteiger charge is -2.50. The van der Waals surface area contributed by atoms with Crippen LogP contribution in [0.5, 0.6) is 5.88 Å². The van der Waals surface area contributed by atoms with E-state index in [1.807, 2.05) is 19.1 Å². The minimum atomic E-state index is 0.0178. The van der Waals surface area contributed by atoms with Crippen molar-refractivity contribution in [2.24, 2.45) is 0 Å². The molecule has 2 aromatic heterocycles. The van der Waals surface area contributed by atoms with Crippen LogP contribution < -0.4 is 15.0 Å². The molecule has 6 rings (SSSR count). The number of aromatic nitrogens is 4. The SMILES string of the molecule is Cc1cc(Nc2cc(OC3COC3)nc(N(C)[C@@H]3C[C@H]4CCC[C@@H](C3)N4CC(=O)N3CCCC3)n2)n[nH]1. The summed E-state index contributed by atoms with van der Waals surface area (Å²) in [6, 6.07) is 4.90. The zero-order valence-electron chi connectivity index (χ0n) is 21.9. The molecule has 4 aliphatic rings. The molecule has 0 saturated carbocycles. The van der Waals surface area contributed by atoms with Gasteiger partial charge in [0.2, 0.25) is 17.7 Å². The average Bonchev–Trinajstić information content (AvgIpc) is 3.53. The van der Waals surface area contributed by atoms with Crippen LogP contribution in [-0.2, 0) is 9.53 Å². The predicted octanol–water partition coefficient (Wildman–Crippen LogP) is 2.47. The molecular formula is C26H38N8O3. The van der Waals surface area contributed by atoms with Gasteiger partial charge in [0.25, 0.3) is 0 Å². The van der Waals surface area contributed by atoms with Crippen LogP contribution >= 0.6 is 0 Å². The van der Waals surface area contributed by atoms with E-state index in [4.69, 9.17) is 19.4 Å². The first kappa shape index (κ1) is 24.4. The number of amides is 1. The van der Waals surface area contributed by atoms with Crippen molar-refractivity contribution in [2.45, 2.75) is 76.1 Å². The molecule has 2 N–H and O–H groups in total. The number of hydrogen-bond donors (Lipinski definition) is 2. The first-order chi connectivity index (χ1) is 18.0. The van der Waals surface area contributed by atoms with E-state index in [1.54, 1.807) is 0 Å². The quantitative estimate of drug-likeness (QED) is 0.553. The molecule has 4 aliphatic heterocycles. The second-order valence-corrected chi connectivity index (χ2v) is 11.0. The van der Waals surface area contributed by atoms with Crippen LogP contribution in [0.25, 0.3) is 0 Å². The van der Waals surface area contributed by atoms with Gasteiger partial charge in [0.1, 0.15) is 11.9 Å². The van der Waals surface area contributed by atoms with Crippen molar-refractivity contribution in [3.8, 4) is 5.88 Å². The van der Waals surface area contributed by atoms with Crippen molar-refractivity contribution in [3.63, 3.8) is 0 Å². The summed E-state index contributed by atoms with van der Waals surface area (Å²) >= 11 is 0. The van der Waals surface area contributed by atoms with Crippen molar-refractivity contribution in [1.29, 1.82) is 0 Å². The number of nitrogens with zero attached hydrogens (tertiary/aromatic N) is 6. The molecule has 2 bridgehead atoms. The van der Waals surface area contributed by atoms with Crippen LogP contribution in [0.15, 0.2) is 12.1 Å². The summed E-state index contributed by atoms with van der Waals surface area (Å²) in [6.45, 7) is 5.52. The number of piperidine rings is 2. The summed E-state index contributed by atoms with van der Waals surface area (Å²) in [7, 11) is 2.08. The molecule has 200 valence electrons. The Balaban J connectivity index is 1.18. The topological polar surface area (TPSA) is 112 Å². The first-order valence-corrected chi connectivity index (χ1v) is 13.7. The van der Waals surface area contributed by atoms with Gasteiger partial charge in [0.15, 0.2) is 5.82 Å². The number of aromatic amines is 1. The summed E-state index contributed by atoms with van der Waals surface area (Å²) < 4.78 is 11.4. The molecule has 4 fully saturated rings. The summed E-state index contributed by atoms with van der Waals surface area (Å²) in [6.07, 6.45) is 7.83. The van der Waals surface area contributed by atoms with E-state index in [1.165, 1.54) is 6.42 Å². The highest BCUT2D eigenvalue weighted by Crippen LogP contribution is 2.37. The molecule has 0 spiro atoms. The molecular weight excluding hydrogens is 472 g/mol. The third kappa shape index (κ3) is 5.38. The van der Waals surface area contributed by atoms with Gasteiger partial charge < -0.3 is 24.6 Å². The number of anilines is 3. The van der Waals surface area contributed by atoms with E-state index in [9.17, 15) is 4.79 Å². The number of nitrogens with one attached hydrogen (secondary N) is 2. The lowest BCUT2D eigenvalue weighted by atomic mass is 9.81. The Hall–Kier alpha value is -2.92. The fourth-order valence-electron chi connectivity index (χ4n) is 6.17. The Labute approximate surface area is 217 Å². The normalized spacial score (nSPS) is 26.1. The van der Waals surface area contributed by atoms with Gasteiger partial charge in [-0.1, -0.05) is 6.42 Å². The molecule has 11 nitrogen and oxygen atoms in total. The van der Waals surface area contributed by atoms with Crippen molar-refractivity contribution in [1.82, 2.24) is 30.0 Å². The van der Waals surface area contributed by atoms with Crippen LogP contribution in [0.4, 0.5) is 17.6 Å². The molecule has 37 heavy (non-hydrogen) atoms. The largest absolute Gasteiger partial charge is 0.469 e. The Kier molecular flexibility index (Phi) is 6.90. The zero-order chi connectivity index (χ0) is 25.4. The fourth-order valence-corrected chi connectivity index (χ4v) is 6.17. The molecule has 4 saturated heterocycles.